The summed E-state index contributed by atoms with van der Waals surface area (Å²) in [6, 6.07) is 13.8. The van der Waals surface area contributed by atoms with Crippen LogP contribution in [0.3, 0.4) is 0 Å². The van der Waals surface area contributed by atoms with Crippen molar-refractivity contribution in [1.82, 2.24) is 19.9 Å². The van der Waals surface area contributed by atoms with Gasteiger partial charge >= 0.3 is 0 Å². The summed E-state index contributed by atoms with van der Waals surface area (Å²) < 4.78 is 11.7. The van der Waals surface area contributed by atoms with Gasteiger partial charge in [-0.2, -0.15) is 4.98 Å². The lowest BCUT2D eigenvalue weighted by Gasteiger charge is -2.24. The van der Waals surface area contributed by atoms with E-state index < -0.39 is 0 Å². The van der Waals surface area contributed by atoms with Crippen LogP contribution in [0.5, 0.6) is 0 Å². The molecular formula is C28H28N6O3. The van der Waals surface area contributed by atoms with Gasteiger partial charge in [-0.25, -0.2) is 9.97 Å². The van der Waals surface area contributed by atoms with Crippen molar-refractivity contribution in [2.24, 2.45) is 5.92 Å². The van der Waals surface area contributed by atoms with Crippen molar-refractivity contribution in [2.75, 3.05) is 36.5 Å². The standard InChI is InChI=1S/C28H28N6O3/c1-17(2)14-20-22(6-7-23-25(20)37-28(33-23)34-10-12-36-13-11-34)32-27(35)24-5-3-4-21(31-24)19-15-18-8-9-29-26(18)30-16-19/h3-9,15-17H,10-14H2,1-2H3,(H,29,30)(H,32,35). The number of morpholine rings is 1. The van der Waals surface area contributed by atoms with Gasteiger partial charge in [0.2, 0.25) is 0 Å². The third-order valence-electron chi connectivity index (χ3n) is 6.47. The molecule has 9 nitrogen and oxygen atoms in total. The minimum absolute atomic E-state index is 0.283. The summed E-state index contributed by atoms with van der Waals surface area (Å²) in [7, 11) is 0. The Labute approximate surface area is 213 Å². The van der Waals surface area contributed by atoms with Crippen LogP contribution in [-0.2, 0) is 11.2 Å². The molecule has 2 N–H and O–H groups in total. The number of ether oxygens (including phenoxy) is 1. The lowest BCUT2D eigenvalue weighted by atomic mass is 10.00. The highest BCUT2D eigenvalue weighted by atomic mass is 16.5. The Morgan fingerprint density at radius 2 is 2.00 bits per heavy atom. The first-order valence-electron chi connectivity index (χ1n) is 12.5. The van der Waals surface area contributed by atoms with Crippen molar-refractivity contribution in [2.45, 2.75) is 20.3 Å². The third kappa shape index (κ3) is 4.65. The summed E-state index contributed by atoms with van der Waals surface area (Å²) >= 11 is 0. The predicted octanol–water partition coefficient (Wildman–Crippen LogP) is 5.05. The fourth-order valence-corrected chi connectivity index (χ4v) is 4.64. The van der Waals surface area contributed by atoms with Crippen LogP contribution in [0, 0.1) is 5.92 Å². The Bertz CT molecular complexity index is 1580. The molecule has 188 valence electrons. The second-order valence-electron chi connectivity index (χ2n) is 9.64. The van der Waals surface area contributed by atoms with E-state index in [-0.39, 0.29) is 5.91 Å². The maximum Gasteiger partial charge on any atom is 0.298 e. The number of carbonyl (C=O) groups is 1. The minimum Gasteiger partial charge on any atom is -0.423 e. The number of pyridine rings is 2. The molecule has 9 heteroatoms. The zero-order valence-electron chi connectivity index (χ0n) is 20.8. The largest absolute Gasteiger partial charge is 0.423 e. The lowest BCUT2D eigenvalue weighted by Crippen LogP contribution is -2.36. The number of amides is 1. The van der Waals surface area contributed by atoms with Crippen LogP contribution in [0.2, 0.25) is 0 Å². The normalized spacial score (nSPS) is 14.1. The zero-order valence-corrected chi connectivity index (χ0v) is 20.8. The van der Waals surface area contributed by atoms with Crippen LogP contribution in [0.1, 0.15) is 29.9 Å². The third-order valence-corrected chi connectivity index (χ3v) is 6.47. The van der Waals surface area contributed by atoms with E-state index in [4.69, 9.17) is 14.1 Å². The monoisotopic (exact) mass is 496 g/mol. The van der Waals surface area contributed by atoms with E-state index in [2.05, 4.69) is 39.0 Å². The molecule has 0 saturated carbocycles. The number of fused-ring (bicyclic) bond motifs is 2. The first-order valence-corrected chi connectivity index (χ1v) is 12.5. The summed E-state index contributed by atoms with van der Waals surface area (Å²) in [5, 5.41) is 4.06. The van der Waals surface area contributed by atoms with Gasteiger partial charge in [-0.15, -0.1) is 0 Å². The summed E-state index contributed by atoms with van der Waals surface area (Å²) in [5.74, 6) is 0.0743. The number of aromatic amines is 1. The highest BCUT2D eigenvalue weighted by Crippen LogP contribution is 2.32. The fourth-order valence-electron chi connectivity index (χ4n) is 4.64. The van der Waals surface area contributed by atoms with Crippen LogP contribution >= 0.6 is 0 Å². The number of hydrogen-bond donors (Lipinski definition) is 2. The molecule has 37 heavy (non-hydrogen) atoms. The molecule has 4 aromatic heterocycles. The maximum absolute atomic E-state index is 13.3. The number of nitrogens with one attached hydrogen (secondary N) is 2. The molecule has 0 bridgehead atoms. The molecule has 1 aliphatic rings. The predicted molar refractivity (Wildman–Crippen MR) is 143 cm³/mol. The van der Waals surface area contributed by atoms with Crippen LogP contribution in [0.4, 0.5) is 11.7 Å². The SMILES string of the molecule is CC(C)Cc1c(NC(=O)c2cccc(-c3cnc4[nH]ccc4c3)n2)ccc2nc(N3CCOCC3)oc12. The fraction of sp³-hybridized carbons (Fsp3) is 0.286. The zero-order chi connectivity index (χ0) is 25.4. The first kappa shape index (κ1) is 23.2. The van der Waals surface area contributed by atoms with E-state index in [0.29, 0.717) is 47.8 Å². The van der Waals surface area contributed by atoms with E-state index in [1.54, 1.807) is 12.3 Å². The van der Waals surface area contributed by atoms with Gasteiger partial charge in [-0.3, -0.25) is 4.79 Å². The minimum atomic E-state index is -0.283. The molecule has 0 spiro atoms. The second kappa shape index (κ2) is 9.67. The Balaban J connectivity index is 1.31. The van der Waals surface area contributed by atoms with Gasteiger partial charge in [0.05, 0.1) is 18.9 Å². The number of H-pyrrole nitrogens is 1. The highest BCUT2D eigenvalue weighted by Gasteiger charge is 2.22. The molecule has 5 aromatic rings. The number of carbonyl (C=O) groups excluding carboxylic acids is 1. The molecule has 6 rings (SSSR count). The van der Waals surface area contributed by atoms with Crippen LogP contribution in [0.25, 0.3) is 33.4 Å². The van der Waals surface area contributed by atoms with Gasteiger partial charge in [0, 0.05) is 47.7 Å². The molecule has 5 heterocycles. The number of nitrogens with zero attached hydrogens (tertiary/aromatic N) is 4. The van der Waals surface area contributed by atoms with E-state index in [1.807, 2.05) is 42.6 Å². The smallest absolute Gasteiger partial charge is 0.298 e. The molecule has 0 unspecified atom stereocenters. The highest BCUT2D eigenvalue weighted by molar-refractivity contribution is 6.04. The van der Waals surface area contributed by atoms with Crippen molar-refractivity contribution in [3.8, 4) is 11.3 Å². The van der Waals surface area contributed by atoms with Crippen LogP contribution in [-0.4, -0.2) is 52.1 Å². The molecule has 0 aliphatic carbocycles. The average Bonchev–Trinajstić information content (AvgIpc) is 3.57. The van der Waals surface area contributed by atoms with Crippen molar-refractivity contribution in [3.63, 3.8) is 0 Å². The molecule has 1 amide bonds. The molecule has 1 fully saturated rings. The summed E-state index contributed by atoms with van der Waals surface area (Å²) in [4.78, 5) is 32.3. The molecule has 1 saturated heterocycles. The van der Waals surface area contributed by atoms with E-state index in [9.17, 15) is 4.79 Å². The Morgan fingerprint density at radius 3 is 2.84 bits per heavy atom. The number of oxazole rings is 1. The summed E-state index contributed by atoms with van der Waals surface area (Å²) in [5.41, 5.74) is 5.81. The average molecular weight is 497 g/mol. The van der Waals surface area contributed by atoms with Crippen molar-refractivity contribution in [3.05, 3.63) is 66.1 Å². The number of hydrogen-bond acceptors (Lipinski definition) is 7. The first-order chi connectivity index (χ1) is 18.0. The number of benzene rings is 1. The van der Waals surface area contributed by atoms with Gasteiger partial charge in [-0.05, 0) is 48.7 Å². The second-order valence-corrected chi connectivity index (χ2v) is 9.64. The Morgan fingerprint density at radius 1 is 1.14 bits per heavy atom. The Kier molecular flexibility index (Phi) is 6.05. The van der Waals surface area contributed by atoms with E-state index in [1.165, 1.54) is 0 Å². The quantitative estimate of drug-likeness (QED) is 0.338. The van der Waals surface area contributed by atoms with E-state index >= 15 is 0 Å². The van der Waals surface area contributed by atoms with Gasteiger partial charge in [0.15, 0.2) is 5.58 Å². The van der Waals surface area contributed by atoms with Crippen molar-refractivity contribution in [1.29, 1.82) is 0 Å². The van der Waals surface area contributed by atoms with Gasteiger partial charge < -0.3 is 24.4 Å². The maximum atomic E-state index is 13.3. The number of rotatable bonds is 6. The van der Waals surface area contributed by atoms with Crippen LogP contribution in [0.15, 0.2) is 59.3 Å². The summed E-state index contributed by atoms with van der Waals surface area (Å²) in [6.07, 6.45) is 4.34. The Hall–Kier alpha value is -4.24. The van der Waals surface area contributed by atoms with Gasteiger partial charge in [0.25, 0.3) is 11.9 Å². The lowest BCUT2D eigenvalue weighted by molar-refractivity contribution is 0.102. The molecule has 0 radical (unpaired) electrons. The van der Waals surface area contributed by atoms with Crippen LogP contribution < -0.4 is 10.2 Å². The topological polar surface area (TPSA) is 109 Å². The number of anilines is 2. The van der Waals surface area contributed by atoms with Crippen molar-refractivity contribution < 1.29 is 13.9 Å². The van der Waals surface area contributed by atoms with Gasteiger partial charge in [-0.1, -0.05) is 19.9 Å². The van der Waals surface area contributed by atoms with E-state index in [0.717, 1.165) is 47.2 Å². The molecule has 1 aromatic carbocycles. The molecule has 1 aliphatic heterocycles. The van der Waals surface area contributed by atoms with Crippen molar-refractivity contribution >= 4 is 39.7 Å². The van der Waals surface area contributed by atoms with Gasteiger partial charge in [0.1, 0.15) is 16.9 Å². The molecule has 0 atom stereocenters. The molecular weight excluding hydrogens is 468 g/mol. The number of aromatic nitrogens is 4. The summed E-state index contributed by atoms with van der Waals surface area (Å²) in [6.45, 7) is 7.07.